The molecule has 0 atom stereocenters. The van der Waals surface area contributed by atoms with Gasteiger partial charge in [-0.3, -0.25) is 9.59 Å². The van der Waals surface area contributed by atoms with Crippen molar-refractivity contribution in [2.45, 2.75) is 58.3 Å². The fourth-order valence-electron chi connectivity index (χ4n) is 2.77. The number of benzene rings is 1. The first-order valence-electron chi connectivity index (χ1n) is 9.01. The second kappa shape index (κ2) is 9.91. The minimum atomic E-state index is -0.299. The lowest BCUT2D eigenvalue weighted by Gasteiger charge is -2.14. The molecule has 2 amide bonds. The molecular weight excluding hydrogens is 302 g/mol. The zero-order valence-electron chi connectivity index (χ0n) is 14.5. The van der Waals surface area contributed by atoms with Gasteiger partial charge in [0.15, 0.2) is 0 Å². The summed E-state index contributed by atoms with van der Waals surface area (Å²) in [7, 11) is 0. The number of rotatable bonds is 11. The monoisotopic (exact) mass is 329 g/mol. The molecule has 0 aromatic heterocycles. The van der Waals surface area contributed by atoms with Gasteiger partial charge in [-0.25, -0.2) is 4.90 Å². The van der Waals surface area contributed by atoms with E-state index in [1.54, 1.807) is 24.3 Å². The number of amides is 2. The van der Waals surface area contributed by atoms with E-state index >= 15 is 0 Å². The van der Waals surface area contributed by atoms with Crippen LogP contribution in [0.1, 0.15) is 58.3 Å². The molecule has 2 rings (SSSR count). The Morgan fingerprint density at radius 3 is 1.92 bits per heavy atom. The minimum Gasteiger partial charge on any atom is -0.494 e. The largest absolute Gasteiger partial charge is 0.494 e. The Morgan fingerprint density at radius 1 is 0.792 bits per heavy atom. The Kier molecular flexibility index (Phi) is 7.53. The molecule has 24 heavy (non-hydrogen) atoms. The highest BCUT2D eigenvalue weighted by atomic mass is 16.5. The molecule has 0 aliphatic carbocycles. The summed E-state index contributed by atoms with van der Waals surface area (Å²) in [6.07, 6.45) is 12.8. The van der Waals surface area contributed by atoms with Crippen LogP contribution in [-0.2, 0) is 9.59 Å². The van der Waals surface area contributed by atoms with Gasteiger partial charge in [0.1, 0.15) is 5.75 Å². The summed E-state index contributed by atoms with van der Waals surface area (Å²) in [4.78, 5) is 24.4. The van der Waals surface area contributed by atoms with E-state index in [0.29, 0.717) is 12.3 Å². The number of nitrogens with zero attached hydrogens (tertiary/aromatic N) is 1. The fourth-order valence-corrected chi connectivity index (χ4v) is 2.77. The van der Waals surface area contributed by atoms with Gasteiger partial charge in [0.05, 0.1) is 12.3 Å². The molecule has 0 fully saturated rings. The molecule has 4 nitrogen and oxygen atoms in total. The zero-order chi connectivity index (χ0) is 17.2. The van der Waals surface area contributed by atoms with Crippen LogP contribution in [0.4, 0.5) is 5.69 Å². The summed E-state index contributed by atoms with van der Waals surface area (Å²) in [5.74, 6) is 0.175. The molecule has 0 saturated carbocycles. The Balaban J connectivity index is 1.62. The quantitative estimate of drug-likeness (QED) is 0.439. The molecular formula is C20H27NO3. The lowest BCUT2D eigenvalue weighted by Crippen LogP contribution is -2.29. The van der Waals surface area contributed by atoms with Gasteiger partial charge in [0, 0.05) is 12.2 Å². The lowest BCUT2D eigenvalue weighted by molar-refractivity contribution is -0.119. The van der Waals surface area contributed by atoms with Crippen LogP contribution in [0.25, 0.3) is 0 Å². The van der Waals surface area contributed by atoms with Crippen molar-refractivity contribution in [2.75, 3.05) is 11.5 Å². The van der Waals surface area contributed by atoms with E-state index in [1.165, 1.54) is 57.1 Å². The van der Waals surface area contributed by atoms with Gasteiger partial charge in [-0.2, -0.15) is 0 Å². The number of carbonyl (C=O) groups is 2. The summed E-state index contributed by atoms with van der Waals surface area (Å²) in [6.45, 7) is 2.94. The molecule has 1 aliphatic heterocycles. The first-order chi connectivity index (χ1) is 11.7. The number of hydrogen-bond donors (Lipinski definition) is 0. The van der Waals surface area contributed by atoms with Crippen molar-refractivity contribution in [1.82, 2.24) is 0 Å². The molecule has 1 aromatic rings. The van der Waals surface area contributed by atoms with E-state index in [9.17, 15) is 9.59 Å². The Bertz CT molecular complexity index is 545. The SMILES string of the molecule is CCCCCCCCCCOc1ccc(N2C(=O)C=CC2=O)cc1. The van der Waals surface area contributed by atoms with Crippen LogP contribution in [0.2, 0.25) is 0 Å². The molecule has 0 N–H and O–H groups in total. The normalized spacial score (nSPS) is 13.8. The second-order valence-corrected chi connectivity index (χ2v) is 6.16. The topological polar surface area (TPSA) is 46.6 Å². The van der Waals surface area contributed by atoms with E-state index in [-0.39, 0.29) is 11.8 Å². The number of imide groups is 1. The molecule has 130 valence electrons. The smallest absolute Gasteiger partial charge is 0.258 e. The van der Waals surface area contributed by atoms with Crippen molar-refractivity contribution in [2.24, 2.45) is 0 Å². The first-order valence-corrected chi connectivity index (χ1v) is 9.01. The third-order valence-corrected chi connectivity index (χ3v) is 4.17. The molecule has 4 heteroatoms. The summed E-state index contributed by atoms with van der Waals surface area (Å²) < 4.78 is 5.72. The Hall–Kier alpha value is -2.10. The maximum Gasteiger partial charge on any atom is 0.258 e. The average Bonchev–Trinajstić information content (AvgIpc) is 2.93. The molecule has 0 saturated heterocycles. The third-order valence-electron chi connectivity index (χ3n) is 4.17. The zero-order valence-corrected chi connectivity index (χ0v) is 14.5. The highest BCUT2D eigenvalue weighted by Crippen LogP contribution is 2.22. The number of unbranched alkanes of at least 4 members (excludes halogenated alkanes) is 7. The summed E-state index contributed by atoms with van der Waals surface area (Å²) >= 11 is 0. The maximum absolute atomic E-state index is 11.6. The van der Waals surface area contributed by atoms with E-state index in [0.717, 1.165) is 17.1 Å². The predicted molar refractivity (Wildman–Crippen MR) is 96.2 cm³/mol. The van der Waals surface area contributed by atoms with Gasteiger partial charge in [-0.1, -0.05) is 51.9 Å². The molecule has 0 radical (unpaired) electrons. The molecule has 1 heterocycles. The predicted octanol–water partition coefficient (Wildman–Crippen LogP) is 4.64. The Morgan fingerprint density at radius 2 is 1.33 bits per heavy atom. The van der Waals surface area contributed by atoms with Crippen molar-refractivity contribution in [3.05, 3.63) is 36.4 Å². The van der Waals surface area contributed by atoms with Crippen molar-refractivity contribution < 1.29 is 14.3 Å². The van der Waals surface area contributed by atoms with Crippen molar-refractivity contribution in [3.63, 3.8) is 0 Å². The molecule has 0 unspecified atom stereocenters. The molecule has 1 aliphatic rings. The standard InChI is InChI=1S/C20H27NO3/c1-2-3-4-5-6-7-8-9-16-24-18-12-10-17(11-13-18)21-19(22)14-15-20(21)23/h10-15H,2-9,16H2,1H3. The van der Waals surface area contributed by atoms with Crippen molar-refractivity contribution in [3.8, 4) is 5.75 Å². The molecule has 0 bridgehead atoms. The van der Waals surface area contributed by atoms with Gasteiger partial charge < -0.3 is 4.74 Å². The summed E-state index contributed by atoms with van der Waals surface area (Å²) in [6, 6.07) is 7.09. The van der Waals surface area contributed by atoms with Gasteiger partial charge >= 0.3 is 0 Å². The van der Waals surface area contributed by atoms with Crippen LogP contribution in [0.3, 0.4) is 0 Å². The minimum absolute atomic E-state index is 0.299. The summed E-state index contributed by atoms with van der Waals surface area (Å²) in [5.41, 5.74) is 0.578. The highest BCUT2D eigenvalue weighted by molar-refractivity contribution is 6.28. The number of anilines is 1. The van der Waals surface area contributed by atoms with Crippen LogP contribution in [0.15, 0.2) is 36.4 Å². The van der Waals surface area contributed by atoms with Gasteiger partial charge in [-0.05, 0) is 30.7 Å². The van der Waals surface area contributed by atoms with E-state index in [4.69, 9.17) is 4.74 Å². The van der Waals surface area contributed by atoms with E-state index in [1.807, 2.05) is 0 Å². The summed E-state index contributed by atoms with van der Waals surface area (Å²) in [5, 5.41) is 0. The van der Waals surface area contributed by atoms with E-state index < -0.39 is 0 Å². The van der Waals surface area contributed by atoms with Gasteiger partial charge in [0.25, 0.3) is 11.8 Å². The third kappa shape index (κ3) is 5.52. The maximum atomic E-state index is 11.6. The van der Waals surface area contributed by atoms with Gasteiger partial charge in [-0.15, -0.1) is 0 Å². The second-order valence-electron chi connectivity index (χ2n) is 6.16. The lowest BCUT2D eigenvalue weighted by atomic mass is 10.1. The number of hydrogen-bond acceptors (Lipinski definition) is 3. The first kappa shape index (κ1) is 18.2. The van der Waals surface area contributed by atoms with Crippen molar-refractivity contribution >= 4 is 17.5 Å². The van der Waals surface area contributed by atoms with Crippen molar-refractivity contribution in [1.29, 1.82) is 0 Å². The number of carbonyl (C=O) groups excluding carboxylic acids is 2. The molecule has 0 spiro atoms. The van der Waals surface area contributed by atoms with Crippen LogP contribution in [-0.4, -0.2) is 18.4 Å². The molecule has 1 aromatic carbocycles. The van der Waals surface area contributed by atoms with Crippen LogP contribution >= 0.6 is 0 Å². The van der Waals surface area contributed by atoms with Crippen LogP contribution in [0, 0.1) is 0 Å². The van der Waals surface area contributed by atoms with Crippen LogP contribution in [0.5, 0.6) is 5.75 Å². The number of ether oxygens (including phenoxy) is 1. The Labute approximate surface area is 144 Å². The highest BCUT2D eigenvalue weighted by Gasteiger charge is 2.24. The van der Waals surface area contributed by atoms with E-state index in [2.05, 4.69) is 6.92 Å². The average molecular weight is 329 g/mol. The fraction of sp³-hybridized carbons (Fsp3) is 0.500. The van der Waals surface area contributed by atoms with Gasteiger partial charge in [0.2, 0.25) is 0 Å². The van der Waals surface area contributed by atoms with Crippen LogP contribution < -0.4 is 9.64 Å².